The van der Waals surface area contributed by atoms with E-state index in [1.54, 1.807) is 30.3 Å². The van der Waals surface area contributed by atoms with Gasteiger partial charge in [-0.15, -0.1) is 0 Å². The van der Waals surface area contributed by atoms with Crippen molar-refractivity contribution in [1.82, 2.24) is 4.72 Å². The fraction of sp³-hybridized carbons (Fsp3) is 0.235. The van der Waals surface area contributed by atoms with E-state index in [0.29, 0.717) is 5.75 Å². The van der Waals surface area contributed by atoms with Gasteiger partial charge in [0, 0.05) is 4.47 Å². The highest BCUT2D eigenvalue weighted by atomic mass is 79.9. The van der Waals surface area contributed by atoms with Crippen molar-refractivity contribution in [3.05, 3.63) is 58.1 Å². The number of ether oxygens (including phenoxy) is 1. The van der Waals surface area contributed by atoms with E-state index in [0.717, 1.165) is 15.6 Å². The topological polar surface area (TPSA) is 72.5 Å². The molecular weight excluding hydrogens is 394 g/mol. The first-order valence-corrected chi connectivity index (χ1v) is 9.53. The number of amides is 1. The van der Waals surface area contributed by atoms with Crippen molar-refractivity contribution in [2.75, 3.05) is 0 Å². The quantitative estimate of drug-likeness (QED) is 0.818. The van der Waals surface area contributed by atoms with Gasteiger partial charge in [0.25, 0.3) is 15.9 Å². The van der Waals surface area contributed by atoms with Crippen molar-refractivity contribution in [3.8, 4) is 5.75 Å². The summed E-state index contributed by atoms with van der Waals surface area (Å²) in [6.07, 6.45) is -0.951. The molecule has 1 unspecified atom stereocenters. The van der Waals surface area contributed by atoms with Gasteiger partial charge in [0.15, 0.2) is 6.10 Å². The molecule has 24 heavy (non-hydrogen) atoms. The molecule has 7 heteroatoms. The van der Waals surface area contributed by atoms with E-state index < -0.39 is 22.0 Å². The van der Waals surface area contributed by atoms with Crippen molar-refractivity contribution < 1.29 is 17.9 Å². The van der Waals surface area contributed by atoms with Gasteiger partial charge in [-0.3, -0.25) is 4.79 Å². The van der Waals surface area contributed by atoms with E-state index in [4.69, 9.17) is 4.74 Å². The van der Waals surface area contributed by atoms with Gasteiger partial charge in [0.05, 0.1) is 4.90 Å². The van der Waals surface area contributed by atoms with Crippen molar-refractivity contribution >= 4 is 31.9 Å². The van der Waals surface area contributed by atoms with Gasteiger partial charge in [0.1, 0.15) is 5.75 Å². The number of rotatable bonds is 5. The van der Waals surface area contributed by atoms with E-state index in [1.807, 2.05) is 18.6 Å². The molecule has 0 bridgehead atoms. The Labute approximate surface area is 150 Å². The van der Waals surface area contributed by atoms with Crippen LogP contribution in [-0.4, -0.2) is 20.4 Å². The molecule has 1 atom stereocenters. The Morgan fingerprint density at radius 1 is 1.08 bits per heavy atom. The third-order valence-electron chi connectivity index (χ3n) is 3.52. The molecule has 0 spiro atoms. The second kappa shape index (κ2) is 7.36. The molecule has 0 saturated heterocycles. The number of hydrogen-bond acceptors (Lipinski definition) is 4. The van der Waals surface area contributed by atoms with Gasteiger partial charge < -0.3 is 4.74 Å². The minimum atomic E-state index is -3.93. The highest BCUT2D eigenvalue weighted by Gasteiger charge is 2.23. The average Bonchev–Trinajstić information content (AvgIpc) is 2.51. The Hall–Kier alpha value is -1.86. The molecule has 1 N–H and O–H groups in total. The SMILES string of the molecule is Cc1ccc(S(=O)(=O)NC(=O)C(C)Oc2ccc(Br)cc2)cc1C. The van der Waals surface area contributed by atoms with E-state index in [9.17, 15) is 13.2 Å². The first-order valence-electron chi connectivity index (χ1n) is 7.25. The summed E-state index contributed by atoms with van der Waals surface area (Å²) in [6.45, 7) is 5.20. The van der Waals surface area contributed by atoms with Crippen LogP contribution < -0.4 is 9.46 Å². The second-order valence-corrected chi connectivity index (χ2v) is 8.03. The maximum absolute atomic E-state index is 12.3. The van der Waals surface area contributed by atoms with Crippen LogP contribution in [0.15, 0.2) is 51.8 Å². The van der Waals surface area contributed by atoms with Crippen molar-refractivity contribution in [2.45, 2.75) is 31.8 Å². The highest BCUT2D eigenvalue weighted by Crippen LogP contribution is 2.18. The summed E-state index contributed by atoms with van der Waals surface area (Å²) in [5.41, 5.74) is 1.82. The normalized spacial score (nSPS) is 12.5. The van der Waals surface area contributed by atoms with Crippen molar-refractivity contribution in [2.24, 2.45) is 0 Å². The lowest BCUT2D eigenvalue weighted by molar-refractivity contribution is -0.125. The van der Waals surface area contributed by atoms with E-state index in [1.165, 1.54) is 19.1 Å². The van der Waals surface area contributed by atoms with Crippen LogP contribution in [-0.2, 0) is 14.8 Å². The minimum absolute atomic E-state index is 0.0507. The maximum atomic E-state index is 12.3. The molecule has 0 radical (unpaired) electrons. The molecule has 5 nitrogen and oxygen atoms in total. The van der Waals surface area contributed by atoms with Crippen LogP contribution in [0, 0.1) is 13.8 Å². The summed E-state index contributed by atoms with van der Waals surface area (Å²) >= 11 is 3.30. The molecule has 1 amide bonds. The Morgan fingerprint density at radius 3 is 2.29 bits per heavy atom. The predicted molar refractivity (Wildman–Crippen MR) is 95.5 cm³/mol. The van der Waals surface area contributed by atoms with Gasteiger partial charge in [-0.1, -0.05) is 22.0 Å². The molecular formula is C17H18BrNO4S. The lowest BCUT2D eigenvalue weighted by atomic mass is 10.1. The smallest absolute Gasteiger partial charge is 0.274 e. The third kappa shape index (κ3) is 4.58. The van der Waals surface area contributed by atoms with Crippen LogP contribution in [0.3, 0.4) is 0 Å². The second-order valence-electron chi connectivity index (χ2n) is 5.43. The number of hydrogen-bond donors (Lipinski definition) is 1. The summed E-state index contributed by atoms with van der Waals surface area (Å²) in [7, 11) is -3.93. The Morgan fingerprint density at radius 2 is 1.71 bits per heavy atom. The first kappa shape index (κ1) is 18.5. The lowest BCUT2D eigenvalue weighted by Crippen LogP contribution is -2.40. The number of halogens is 1. The average molecular weight is 412 g/mol. The maximum Gasteiger partial charge on any atom is 0.274 e. The molecule has 0 saturated carbocycles. The molecule has 0 aromatic heterocycles. The first-order chi connectivity index (χ1) is 11.2. The molecule has 0 aliphatic heterocycles. The number of nitrogens with one attached hydrogen (secondary N) is 1. The zero-order chi connectivity index (χ0) is 17.9. The van der Waals surface area contributed by atoms with Gasteiger partial charge in [-0.05, 0) is 68.3 Å². The third-order valence-corrected chi connectivity index (χ3v) is 5.39. The zero-order valence-corrected chi connectivity index (χ0v) is 15.9. The number of aryl methyl sites for hydroxylation is 2. The standard InChI is InChI=1S/C17H18BrNO4S/c1-11-4-9-16(10-12(11)2)24(21,22)19-17(20)13(3)23-15-7-5-14(18)6-8-15/h4-10,13H,1-3H3,(H,19,20). The Balaban J connectivity index is 2.09. The van der Waals surface area contributed by atoms with Gasteiger partial charge in [0.2, 0.25) is 0 Å². The van der Waals surface area contributed by atoms with E-state index in [2.05, 4.69) is 15.9 Å². The summed E-state index contributed by atoms with van der Waals surface area (Å²) in [4.78, 5) is 12.2. The Kier molecular flexibility index (Phi) is 5.66. The van der Waals surface area contributed by atoms with Gasteiger partial charge >= 0.3 is 0 Å². The summed E-state index contributed by atoms with van der Waals surface area (Å²) in [5, 5.41) is 0. The summed E-state index contributed by atoms with van der Waals surface area (Å²) in [5.74, 6) is -0.249. The molecule has 2 aromatic carbocycles. The van der Waals surface area contributed by atoms with E-state index in [-0.39, 0.29) is 4.90 Å². The summed E-state index contributed by atoms with van der Waals surface area (Å²) < 4.78 is 33.0. The largest absolute Gasteiger partial charge is 0.481 e. The zero-order valence-electron chi connectivity index (χ0n) is 13.5. The molecule has 0 heterocycles. The number of benzene rings is 2. The molecule has 0 fully saturated rings. The highest BCUT2D eigenvalue weighted by molar-refractivity contribution is 9.10. The minimum Gasteiger partial charge on any atom is -0.481 e. The lowest BCUT2D eigenvalue weighted by Gasteiger charge is -2.15. The van der Waals surface area contributed by atoms with Crippen LogP contribution in [0.25, 0.3) is 0 Å². The Bertz CT molecular complexity index is 847. The van der Waals surface area contributed by atoms with Crippen LogP contribution in [0.1, 0.15) is 18.1 Å². The van der Waals surface area contributed by atoms with Gasteiger partial charge in [-0.25, -0.2) is 13.1 Å². The molecule has 2 aromatic rings. The van der Waals surface area contributed by atoms with Crippen molar-refractivity contribution in [1.29, 1.82) is 0 Å². The number of sulfonamides is 1. The van der Waals surface area contributed by atoms with E-state index >= 15 is 0 Å². The van der Waals surface area contributed by atoms with Crippen LogP contribution in [0.2, 0.25) is 0 Å². The van der Waals surface area contributed by atoms with Crippen LogP contribution >= 0.6 is 15.9 Å². The number of carbonyl (C=O) groups excluding carboxylic acids is 1. The van der Waals surface area contributed by atoms with Crippen LogP contribution in [0.5, 0.6) is 5.75 Å². The van der Waals surface area contributed by atoms with Gasteiger partial charge in [-0.2, -0.15) is 0 Å². The molecule has 2 rings (SSSR count). The molecule has 0 aliphatic carbocycles. The molecule has 0 aliphatic rings. The van der Waals surface area contributed by atoms with Crippen LogP contribution in [0.4, 0.5) is 0 Å². The molecule has 128 valence electrons. The number of carbonyl (C=O) groups is 1. The monoisotopic (exact) mass is 411 g/mol. The predicted octanol–water partition coefficient (Wildman–Crippen LogP) is 3.34. The summed E-state index contributed by atoms with van der Waals surface area (Å²) in [6, 6.07) is 11.6. The van der Waals surface area contributed by atoms with Crippen molar-refractivity contribution in [3.63, 3.8) is 0 Å². The fourth-order valence-corrected chi connectivity index (χ4v) is 3.32. The fourth-order valence-electron chi connectivity index (χ4n) is 1.93.